The van der Waals surface area contributed by atoms with Crippen LogP contribution in [0.1, 0.15) is 5.69 Å². The number of nitrogens with two attached hydrogens (primary N) is 1. The number of rotatable bonds is 4. The summed E-state index contributed by atoms with van der Waals surface area (Å²) in [7, 11) is 0. The van der Waals surface area contributed by atoms with E-state index in [0.29, 0.717) is 16.6 Å². The fourth-order valence-electron chi connectivity index (χ4n) is 2.37. The van der Waals surface area contributed by atoms with Crippen LogP contribution in [-0.4, -0.2) is 39.2 Å². The summed E-state index contributed by atoms with van der Waals surface area (Å²) in [6.45, 7) is -0.00691. The number of H-pyrrole nitrogens is 2. The average molecular weight is 384 g/mol. The van der Waals surface area contributed by atoms with E-state index in [1.54, 1.807) is 18.5 Å². The molecule has 132 valence electrons. The van der Waals surface area contributed by atoms with Gasteiger partial charge >= 0.3 is 0 Å². The lowest BCUT2D eigenvalue weighted by Crippen LogP contribution is -2.29. The van der Waals surface area contributed by atoms with Crippen LogP contribution in [0.2, 0.25) is 10.0 Å². The van der Waals surface area contributed by atoms with Gasteiger partial charge in [0, 0.05) is 28.4 Å². The minimum Gasteiger partial charge on any atom is -0.483 e. The van der Waals surface area contributed by atoms with Crippen LogP contribution in [0.3, 0.4) is 0 Å². The number of fused-ring (bicyclic) bond motifs is 1. The molecule has 8 nitrogen and oxygen atoms in total. The first kappa shape index (κ1) is 18.8. The van der Waals surface area contributed by atoms with Crippen molar-refractivity contribution in [1.82, 2.24) is 20.5 Å². The zero-order chi connectivity index (χ0) is 18.4. The maximum atomic E-state index is 11.4. The van der Waals surface area contributed by atoms with Crippen molar-refractivity contribution in [2.75, 3.05) is 6.54 Å². The van der Waals surface area contributed by atoms with Gasteiger partial charge in [-0.2, -0.15) is 5.10 Å². The molecule has 2 heterocycles. The van der Waals surface area contributed by atoms with E-state index in [0.717, 1.165) is 27.7 Å². The van der Waals surface area contributed by atoms with Gasteiger partial charge in [0.2, 0.25) is 5.91 Å². The molecule has 0 saturated carbocycles. The van der Waals surface area contributed by atoms with E-state index in [1.165, 1.54) is 0 Å². The van der Waals surface area contributed by atoms with Gasteiger partial charge in [-0.05, 0) is 6.07 Å². The lowest BCUT2D eigenvalue weighted by Gasteiger charge is -2.04. The number of aromatic nitrogens is 3. The smallest absolute Gasteiger partial charge is 0.290 e. The van der Waals surface area contributed by atoms with Crippen molar-refractivity contribution < 1.29 is 14.7 Å². The van der Waals surface area contributed by atoms with Gasteiger partial charge in [0.25, 0.3) is 6.47 Å². The fourth-order valence-corrected chi connectivity index (χ4v) is 2.74. The highest BCUT2D eigenvalue weighted by Gasteiger charge is 2.17. The number of carbonyl (C=O) groups excluding carboxylic acids is 1. The van der Waals surface area contributed by atoms with Gasteiger partial charge in [0.1, 0.15) is 0 Å². The van der Waals surface area contributed by atoms with E-state index >= 15 is 0 Å². The summed E-state index contributed by atoms with van der Waals surface area (Å²) in [5, 5.41) is 18.2. The quantitative estimate of drug-likeness (QED) is 0.439. The lowest BCUT2D eigenvalue weighted by molar-refractivity contribution is -0.123. The number of carboxylic acid groups (broad SMARTS) is 1. The van der Waals surface area contributed by atoms with Crippen LogP contribution in [0.5, 0.6) is 0 Å². The molecule has 0 atom stereocenters. The summed E-state index contributed by atoms with van der Waals surface area (Å²) in [4.78, 5) is 23.0. The van der Waals surface area contributed by atoms with Gasteiger partial charge in [-0.15, -0.1) is 0 Å². The minimum absolute atomic E-state index is 0.0617. The molecule has 0 bridgehead atoms. The summed E-state index contributed by atoms with van der Waals surface area (Å²) in [6.07, 6.45) is 3.48. The maximum Gasteiger partial charge on any atom is 0.290 e. The Labute approximate surface area is 152 Å². The Morgan fingerprint density at radius 2 is 2.12 bits per heavy atom. The van der Waals surface area contributed by atoms with E-state index in [1.807, 2.05) is 6.07 Å². The predicted octanol–water partition coefficient (Wildman–Crippen LogP) is 2.14. The third-order valence-electron chi connectivity index (χ3n) is 3.38. The highest BCUT2D eigenvalue weighted by atomic mass is 35.5. The summed E-state index contributed by atoms with van der Waals surface area (Å²) < 4.78 is 0. The van der Waals surface area contributed by atoms with Crippen LogP contribution in [0.25, 0.3) is 22.0 Å². The summed E-state index contributed by atoms with van der Waals surface area (Å²) in [6, 6.07) is 3.63. The molecule has 0 aliphatic rings. The van der Waals surface area contributed by atoms with Crippen LogP contribution in [-0.2, 0) is 16.1 Å². The molecule has 0 fully saturated rings. The largest absolute Gasteiger partial charge is 0.483 e. The molecule has 0 aliphatic carbocycles. The van der Waals surface area contributed by atoms with E-state index in [4.69, 9.17) is 38.8 Å². The average Bonchev–Trinajstić information content (AvgIpc) is 3.24. The fraction of sp³-hybridized carbons (Fsp3) is 0.133. The zero-order valence-corrected chi connectivity index (χ0v) is 14.4. The van der Waals surface area contributed by atoms with Crippen LogP contribution < -0.4 is 11.1 Å². The molecule has 3 aromatic rings. The van der Waals surface area contributed by atoms with Crippen LogP contribution in [0.15, 0.2) is 24.5 Å². The summed E-state index contributed by atoms with van der Waals surface area (Å²) in [5.41, 5.74) is 8.65. The Balaban J connectivity index is 0.000000701. The number of aromatic amines is 2. The van der Waals surface area contributed by atoms with Crippen molar-refractivity contribution in [1.29, 1.82) is 0 Å². The number of halogens is 2. The molecular formula is C15H15Cl2N5O3. The second kappa shape index (κ2) is 8.52. The van der Waals surface area contributed by atoms with Gasteiger partial charge in [-0.3, -0.25) is 14.7 Å². The molecule has 0 aliphatic heterocycles. The van der Waals surface area contributed by atoms with Crippen LogP contribution in [0.4, 0.5) is 0 Å². The first-order valence-corrected chi connectivity index (χ1v) is 7.81. The van der Waals surface area contributed by atoms with Gasteiger partial charge in [0.15, 0.2) is 0 Å². The first-order chi connectivity index (χ1) is 12.0. The van der Waals surface area contributed by atoms with Crippen LogP contribution >= 0.6 is 23.2 Å². The Morgan fingerprint density at radius 3 is 2.72 bits per heavy atom. The molecule has 0 unspecified atom stereocenters. The third kappa shape index (κ3) is 4.11. The number of benzene rings is 1. The SMILES string of the molecule is NCC(=O)NCc1[nH]c2c(Cl)c(Cl)ccc2c1-c1cn[nH]c1.O=CO. The molecule has 1 aromatic carbocycles. The second-order valence-electron chi connectivity index (χ2n) is 4.84. The van der Waals surface area contributed by atoms with Crippen molar-refractivity contribution in [3.63, 3.8) is 0 Å². The second-order valence-corrected chi connectivity index (χ2v) is 5.62. The maximum absolute atomic E-state index is 11.4. The molecule has 1 amide bonds. The molecule has 6 N–H and O–H groups in total. The number of carbonyl (C=O) groups is 2. The topological polar surface area (TPSA) is 137 Å². The summed E-state index contributed by atoms with van der Waals surface area (Å²) in [5.74, 6) is -0.235. The number of amides is 1. The first-order valence-electron chi connectivity index (χ1n) is 7.05. The predicted molar refractivity (Wildman–Crippen MR) is 95.5 cm³/mol. The molecule has 0 radical (unpaired) electrons. The Kier molecular flexibility index (Phi) is 6.40. The van der Waals surface area contributed by atoms with E-state index in [9.17, 15) is 4.79 Å². The van der Waals surface area contributed by atoms with Crippen molar-refractivity contribution in [3.05, 3.63) is 40.3 Å². The monoisotopic (exact) mass is 383 g/mol. The van der Waals surface area contributed by atoms with Crippen molar-refractivity contribution in [2.45, 2.75) is 6.54 Å². The molecule has 0 spiro atoms. The van der Waals surface area contributed by atoms with Crippen molar-refractivity contribution in [2.24, 2.45) is 5.73 Å². The van der Waals surface area contributed by atoms with E-state index in [2.05, 4.69) is 20.5 Å². The van der Waals surface area contributed by atoms with Gasteiger partial charge in [-0.1, -0.05) is 29.3 Å². The van der Waals surface area contributed by atoms with Gasteiger partial charge in [-0.25, -0.2) is 0 Å². The Bertz CT molecular complexity index is 877. The van der Waals surface area contributed by atoms with E-state index < -0.39 is 0 Å². The molecule has 2 aromatic heterocycles. The standard InChI is InChI=1S/C14H13Cl2N5O.CH2O2/c15-9-2-1-8-12(7-4-19-20-5-7)10(6-18-11(22)3-17)21-14(8)13(9)16;2-1-3/h1-2,4-5,21H,3,6,17H2,(H,18,22)(H,19,20);1H,(H,2,3). The zero-order valence-electron chi connectivity index (χ0n) is 12.8. The molecular weight excluding hydrogens is 369 g/mol. The number of hydrogen-bond donors (Lipinski definition) is 5. The number of hydrogen-bond acceptors (Lipinski definition) is 4. The highest BCUT2D eigenvalue weighted by molar-refractivity contribution is 6.45. The highest BCUT2D eigenvalue weighted by Crippen LogP contribution is 2.38. The van der Waals surface area contributed by atoms with Gasteiger partial charge < -0.3 is 21.1 Å². The molecule has 25 heavy (non-hydrogen) atoms. The number of nitrogens with zero attached hydrogens (tertiary/aromatic N) is 1. The Morgan fingerprint density at radius 1 is 1.40 bits per heavy atom. The number of nitrogens with one attached hydrogen (secondary N) is 3. The molecule has 3 rings (SSSR count). The van der Waals surface area contributed by atoms with Crippen molar-refractivity contribution in [3.8, 4) is 11.1 Å². The Hall–Kier alpha value is -2.55. The van der Waals surface area contributed by atoms with Crippen LogP contribution in [0, 0.1) is 0 Å². The third-order valence-corrected chi connectivity index (χ3v) is 4.18. The minimum atomic E-state index is -0.250. The molecule has 0 saturated heterocycles. The lowest BCUT2D eigenvalue weighted by atomic mass is 10.1. The molecule has 10 heteroatoms. The summed E-state index contributed by atoms with van der Waals surface area (Å²) >= 11 is 12.3. The van der Waals surface area contributed by atoms with Crippen molar-refractivity contribution >= 4 is 46.5 Å². The van der Waals surface area contributed by atoms with Gasteiger partial charge in [0.05, 0.1) is 34.8 Å². The normalized spacial score (nSPS) is 10.2. The van der Waals surface area contributed by atoms with E-state index in [-0.39, 0.29) is 18.9 Å².